The molecule has 1 aliphatic rings. The summed E-state index contributed by atoms with van der Waals surface area (Å²) >= 11 is 0. The van der Waals surface area contributed by atoms with Crippen LogP contribution in [0, 0.1) is 5.92 Å². The van der Waals surface area contributed by atoms with Crippen molar-refractivity contribution in [2.45, 2.75) is 25.8 Å². The van der Waals surface area contributed by atoms with Gasteiger partial charge in [0.05, 0.1) is 0 Å². The highest BCUT2D eigenvalue weighted by Crippen LogP contribution is 2.33. The third-order valence-electron chi connectivity index (χ3n) is 4.15. The van der Waals surface area contributed by atoms with E-state index in [2.05, 4.69) is 11.9 Å². The number of hydrogen-bond donors (Lipinski definition) is 2. The van der Waals surface area contributed by atoms with Crippen LogP contribution >= 0.6 is 0 Å². The largest absolute Gasteiger partial charge is 0.508 e. The molecule has 5 heteroatoms. The van der Waals surface area contributed by atoms with Crippen molar-refractivity contribution in [1.82, 2.24) is 4.98 Å². The van der Waals surface area contributed by atoms with Crippen LogP contribution in [0.15, 0.2) is 30.5 Å². The summed E-state index contributed by atoms with van der Waals surface area (Å²) in [4.78, 5) is 17.8. The van der Waals surface area contributed by atoms with Gasteiger partial charge in [-0.15, -0.1) is 0 Å². The molecule has 21 heavy (non-hydrogen) atoms. The molecule has 2 unspecified atom stereocenters. The van der Waals surface area contributed by atoms with E-state index >= 15 is 0 Å². The lowest BCUT2D eigenvalue weighted by Gasteiger charge is -2.37. The number of fused-ring (bicyclic) bond motifs is 1. The molecular weight excluding hydrogens is 268 g/mol. The van der Waals surface area contributed by atoms with E-state index < -0.39 is 12.0 Å². The van der Waals surface area contributed by atoms with E-state index in [1.807, 2.05) is 17.0 Å². The average molecular weight is 286 g/mol. The SMILES string of the molecule is CC1CCN(c2nccc3ccc(O)cc23)C(C(=O)O)C1. The number of nitrogens with zero attached hydrogens (tertiary/aromatic N) is 2. The second-order valence-corrected chi connectivity index (χ2v) is 5.72. The van der Waals surface area contributed by atoms with Crippen LogP contribution in [-0.2, 0) is 4.79 Å². The maximum Gasteiger partial charge on any atom is 0.326 e. The summed E-state index contributed by atoms with van der Waals surface area (Å²) in [5.74, 6) is 0.378. The molecular formula is C16H18N2O3. The lowest BCUT2D eigenvalue weighted by atomic mass is 9.92. The Bertz CT molecular complexity index is 686. The summed E-state index contributed by atoms with van der Waals surface area (Å²) < 4.78 is 0. The van der Waals surface area contributed by atoms with Crippen molar-refractivity contribution in [1.29, 1.82) is 0 Å². The number of carboxylic acids is 1. The van der Waals surface area contributed by atoms with Gasteiger partial charge >= 0.3 is 5.97 Å². The topological polar surface area (TPSA) is 73.7 Å². The van der Waals surface area contributed by atoms with Gasteiger partial charge in [0, 0.05) is 18.1 Å². The number of anilines is 1. The predicted octanol–water partition coefficient (Wildman–Crippen LogP) is 2.63. The monoisotopic (exact) mass is 286 g/mol. The Balaban J connectivity index is 2.10. The minimum atomic E-state index is -0.819. The summed E-state index contributed by atoms with van der Waals surface area (Å²) in [6, 6.07) is 6.39. The zero-order valence-corrected chi connectivity index (χ0v) is 11.9. The second kappa shape index (κ2) is 5.24. The van der Waals surface area contributed by atoms with Crippen LogP contribution in [0.1, 0.15) is 19.8 Å². The van der Waals surface area contributed by atoms with Crippen LogP contribution in [0.5, 0.6) is 5.75 Å². The van der Waals surface area contributed by atoms with Gasteiger partial charge in [-0.3, -0.25) is 0 Å². The predicted molar refractivity (Wildman–Crippen MR) is 80.6 cm³/mol. The number of phenols is 1. The minimum absolute atomic E-state index is 0.161. The number of phenolic OH excluding ortho intramolecular Hbond substituents is 1. The van der Waals surface area contributed by atoms with Gasteiger partial charge < -0.3 is 15.1 Å². The van der Waals surface area contributed by atoms with Crippen molar-refractivity contribution in [3.63, 3.8) is 0 Å². The van der Waals surface area contributed by atoms with Gasteiger partial charge in [-0.1, -0.05) is 13.0 Å². The van der Waals surface area contributed by atoms with Gasteiger partial charge in [0.1, 0.15) is 17.6 Å². The number of aliphatic carboxylic acids is 1. The molecule has 0 spiro atoms. The van der Waals surface area contributed by atoms with Gasteiger partial charge in [0.15, 0.2) is 0 Å². The van der Waals surface area contributed by atoms with E-state index in [4.69, 9.17) is 0 Å². The molecule has 0 saturated carbocycles. The van der Waals surface area contributed by atoms with Crippen molar-refractivity contribution >= 4 is 22.6 Å². The smallest absolute Gasteiger partial charge is 0.326 e. The first-order valence-corrected chi connectivity index (χ1v) is 7.13. The van der Waals surface area contributed by atoms with Gasteiger partial charge in [-0.25, -0.2) is 9.78 Å². The van der Waals surface area contributed by atoms with Crippen molar-refractivity contribution in [3.05, 3.63) is 30.5 Å². The van der Waals surface area contributed by atoms with E-state index in [9.17, 15) is 15.0 Å². The number of carboxylic acid groups (broad SMARTS) is 1. The molecule has 2 aromatic rings. The lowest BCUT2D eigenvalue weighted by molar-refractivity contribution is -0.139. The first-order chi connectivity index (χ1) is 10.1. The Morgan fingerprint density at radius 2 is 2.19 bits per heavy atom. The maximum atomic E-state index is 11.6. The fourth-order valence-electron chi connectivity index (χ4n) is 3.00. The number of pyridine rings is 1. The molecule has 2 heterocycles. The Morgan fingerprint density at radius 1 is 1.38 bits per heavy atom. The quantitative estimate of drug-likeness (QED) is 0.887. The number of hydrogen-bond acceptors (Lipinski definition) is 4. The zero-order chi connectivity index (χ0) is 15.0. The summed E-state index contributed by atoms with van der Waals surface area (Å²) in [5, 5.41) is 20.9. The molecule has 0 aliphatic carbocycles. The molecule has 1 aromatic heterocycles. The van der Waals surface area contributed by atoms with E-state index in [1.165, 1.54) is 0 Å². The number of rotatable bonds is 2. The first kappa shape index (κ1) is 13.7. The Morgan fingerprint density at radius 3 is 2.95 bits per heavy atom. The Hall–Kier alpha value is -2.30. The standard InChI is InChI=1S/C16H18N2O3/c1-10-5-7-18(14(8-10)16(20)21)15-13-9-12(19)3-2-11(13)4-6-17-15/h2-4,6,9-10,14,19H,5,7-8H2,1H3,(H,20,21). The number of aromatic hydroxyl groups is 1. The molecule has 5 nitrogen and oxygen atoms in total. The van der Waals surface area contributed by atoms with Gasteiger partial charge in [-0.2, -0.15) is 0 Å². The average Bonchev–Trinajstić information content (AvgIpc) is 2.46. The highest BCUT2D eigenvalue weighted by molar-refractivity contribution is 5.94. The van der Waals surface area contributed by atoms with Crippen molar-refractivity contribution in [2.24, 2.45) is 5.92 Å². The number of benzene rings is 1. The molecule has 0 radical (unpaired) electrons. The van der Waals surface area contributed by atoms with E-state index in [-0.39, 0.29) is 5.75 Å². The van der Waals surface area contributed by atoms with Gasteiger partial charge in [-0.05, 0) is 42.3 Å². The highest BCUT2D eigenvalue weighted by Gasteiger charge is 2.33. The van der Waals surface area contributed by atoms with Crippen molar-refractivity contribution in [3.8, 4) is 5.75 Å². The van der Waals surface area contributed by atoms with Gasteiger partial charge in [0.25, 0.3) is 0 Å². The lowest BCUT2D eigenvalue weighted by Crippen LogP contribution is -2.47. The molecule has 1 fully saturated rings. The van der Waals surface area contributed by atoms with E-state index in [0.29, 0.717) is 24.7 Å². The number of piperidine rings is 1. The summed E-state index contributed by atoms with van der Waals surface area (Å²) in [6.07, 6.45) is 3.25. The van der Waals surface area contributed by atoms with Crippen LogP contribution < -0.4 is 4.90 Å². The summed E-state index contributed by atoms with van der Waals surface area (Å²) in [5.41, 5.74) is 0. The maximum absolute atomic E-state index is 11.6. The first-order valence-electron chi connectivity index (χ1n) is 7.13. The molecule has 2 N–H and O–H groups in total. The molecule has 0 amide bonds. The van der Waals surface area contributed by atoms with Crippen LogP contribution in [0.3, 0.4) is 0 Å². The number of carbonyl (C=O) groups is 1. The van der Waals surface area contributed by atoms with Crippen LogP contribution in [0.2, 0.25) is 0 Å². The Labute approximate surface area is 122 Å². The molecule has 1 aliphatic heterocycles. The minimum Gasteiger partial charge on any atom is -0.508 e. The molecule has 2 atom stereocenters. The van der Waals surface area contributed by atoms with E-state index in [1.54, 1.807) is 18.3 Å². The third-order valence-corrected chi connectivity index (χ3v) is 4.15. The van der Waals surface area contributed by atoms with Gasteiger partial charge in [0.2, 0.25) is 0 Å². The Kier molecular flexibility index (Phi) is 3.41. The molecule has 1 aromatic carbocycles. The summed E-state index contributed by atoms with van der Waals surface area (Å²) in [7, 11) is 0. The normalized spacial score (nSPS) is 22.4. The molecule has 1 saturated heterocycles. The fourth-order valence-corrected chi connectivity index (χ4v) is 3.00. The number of aromatic nitrogens is 1. The van der Waals surface area contributed by atoms with Crippen LogP contribution in [-0.4, -0.2) is 33.8 Å². The summed E-state index contributed by atoms with van der Waals surface area (Å²) in [6.45, 7) is 2.75. The fraction of sp³-hybridized carbons (Fsp3) is 0.375. The van der Waals surface area contributed by atoms with Crippen molar-refractivity contribution < 1.29 is 15.0 Å². The third kappa shape index (κ3) is 2.51. The van der Waals surface area contributed by atoms with Crippen molar-refractivity contribution in [2.75, 3.05) is 11.4 Å². The van der Waals surface area contributed by atoms with E-state index in [0.717, 1.165) is 17.2 Å². The van der Waals surface area contributed by atoms with Crippen LogP contribution in [0.4, 0.5) is 5.82 Å². The zero-order valence-electron chi connectivity index (χ0n) is 11.9. The molecule has 110 valence electrons. The molecule has 0 bridgehead atoms. The highest BCUT2D eigenvalue weighted by atomic mass is 16.4. The molecule has 3 rings (SSSR count). The van der Waals surface area contributed by atoms with Crippen LogP contribution in [0.25, 0.3) is 10.8 Å². The second-order valence-electron chi connectivity index (χ2n) is 5.72.